The number of carbonyl (C=O) groups excluding carboxylic acids is 2. The molecule has 0 aromatic heterocycles. The fourth-order valence-electron chi connectivity index (χ4n) is 2.10. The molecule has 0 bridgehead atoms. The average Bonchev–Trinajstić information content (AvgIpc) is 2.45. The van der Waals surface area contributed by atoms with E-state index in [4.69, 9.17) is 26.2 Å². The highest BCUT2D eigenvalue weighted by Gasteiger charge is 2.35. The zero-order chi connectivity index (χ0) is 15.0. The van der Waals surface area contributed by atoms with Gasteiger partial charge in [0.15, 0.2) is 5.75 Å². The molecule has 110 valence electrons. The normalized spacial score (nSPS) is 19.5. The maximum atomic E-state index is 11.7. The Labute approximate surface area is 124 Å². The predicted octanol–water partition coefficient (Wildman–Crippen LogP) is 0.652. The van der Waals surface area contributed by atoms with Crippen molar-refractivity contribution in [2.75, 3.05) is 13.2 Å². The van der Waals surface area contributed by atoms with E-state index in [0.717, 1.165) is 0 Å². The first-order valence-corrected chi connectivity index (χ1v) is 6.54. The summed E-state index contributed by atoms with van der Waals surface area (Å²) in [4.78, 5) is 23.0. The van der Waals surface area contributed by atoms with Crippen LogP contribution in [-0.4, -0.2) is 36.5 Å². The second kappa shape index (κ2) is 5.27. The summed E-state index contributed by atoms with van der Waals surface area (Å²) in [5.41, 5.74) is 0.899. The average molecular weight is 311 g/mol. The third-order valence-corrected chi connectivity index (χ3v) is 3.38. The summed E-state index contributed by atoms with van der Waals surface area (Å²) in [6.45, 7) is -0.0423. The molecule has 3 rings (SSSR count). The molecule has 21 heavy (non-hydrogen) atoms. The number of nitrogens with one attached hydrogen (secondary N) is 2. The summed E-state index contributed by atoms with van der Waals surface area (Å²) in [6, 6.07) is 2.67. The molecule has 1 aromatic rings. The summed E-state index contributed by atoms with van der Waals surface area (Å²) in [6.07, 6.45) is 0.712. The van der Waals surface area contributed by atoms with E-state index in [2.05, 4.69) is 10.6 Å². The van der Waals surface area contributed by atoms with Crippen molar-refractivity contribution in [2.24, 2.45) is 0 Å². The number of fused-ring (bicyclic) bond motifs is 2. The molecule has 2 heterocycles. The van der Waals surface area contributed by atoms with Crippen molar-refractivity contribution in [1.29, 1.82) is 0 Å². The topological polar surface area (TPSA) is 96.9 Å². The maximum absolute atomic E-state index is 11.7. The van der Waals surface area contributed by atoms with Crippen LogP contribution in [0.4, 0.5) is 4.79 Å². The second-order valence-corrected chi connectivity index (χ2v) is 4.77. The zero-order valence-corrected chi connectivity index (χ0v) is 11.4. The largest absolute Gasteiger partial charge is 0.489 e. The lowest BCUT2D eigenvalue weighted by Gasteiger charge is -2.31. The Bertz CT molecular complexity index is 658. The van der Waals surface area contributed by atoms with Crippen molar-refractivity contribution in [2.45, 2.75) is 6.23 Å². The highest BCUT2D eigenvalue weighted by atomic mass is 35.5. The summed E-state index contributed by atoms with van der Waals surface area (Å²) < 4.78 is 10.9. The van der Waals surface area contributed by atoms with Crippen molar-refractivity contribution in [3.8, 4) is 11.5 Å². The monoisotopic (exact) mass is 310 g/mol. The second-order valence-electron chi connectivity index (χ2n) is 4.39. The molecule has 8 heteroatoms. The molecule has 1 unspecified atom stereocenters. The van der Waals surface area contributed by atoms with E-state index in [1.807, 2.05) is 0 Å². The van der Waals surface area contributed by atoms with Crippen LogP contribution in [-0.2, 0) is 4.79 Å². The van der Waals surface area contributed by atoms with Crippen molar-refractivity contribution >= 4 is 29.6 Å². The van der Waals surface area contributed by atoms with E-state index >= 15 is 0 Å². The van der Waals surface area contributed by atoms with Crippen LogP contribution in [0.5, 0.6) is 11.5 Å². The summed E-state index contributed by atoms with van der Waals surface area (Å²) in [5, 5.41) is 13.6. The number of imide groups is 1. The number of hydrogen-bond acceptors (Lipinski definition) is 5. The van der Waals surface area contributed by atoms with Gasteiger partial charge in [-0.15, -0.1) is 0 Å². The lowest BCUT2D eigenvalue weighted by atomic mass is 10.0. The first-order valence-electron chi connectivity index (χ1n) is 6.16. The number of aliphatic hydroxyl groups excluding tert-OH is 1. The number of urea groups is 1. The summed E-state index contributed by atoms with van der Waals surface area (Å²) >= 11 is 6.19. The van der Waals surface area contributed by atoms with Gasteiger partial charge in [0.2, 0.25) is 6.23 Å². The number of rotatable bonds is 3. The van der Waals surface area contributed by atoms with Crippen LogP contribution in [0.15, 0.2) is 17.7 Å². The highest BCUT2D eigenvalue weighted by Crippen LogP contribution is 2.41. The van der Waals surface area contributed by atoms with Crippen LogP contribution in [0, 0.1) is 0 Å². The van der Waals surface area contributed by atoms with Gasteiger partial charge in [-0.25, -0.2) is 4.79 Å². The number of amides is 3. The maximum Gasteiger partial charge on any atom is 0.324 e. The molecule has 2 aliphatic heterocycles. The fraction of sp³-hybridized carbons (Fsp3) is 0.231. The lowest BCUT2D eigenvalue weighted by molar-refractivity contribution is -0.118. The Kier molecular flexibility index (Phi) is 3.44. The molecule has 1 saturated heterocycles. The van der Waals surface area contributed by atoms with E-state index in [-0.39, 0.29) is 18.2 Å². The van der Waals surface area contributed by atoms with Gasteiger partial charge in [-0.2, -0.15) is 0 Å². The molecule has 2 aliphatic rings. The van der Waals surface area contributed by atoms with Crippen molar-refractivity contribution in [1.82, 2.24) is 10.6 Å². The smallest absolute Gasteiger partial charge is 0.324 e. The Morgan fingerprint density at radius 2 is 2.19 bits per heavy atom. The van der Waals surface area contributed by atoms with Crippen LogP contribution < -0.4 is 20.1 Å². The van der Waals surface area contributed by atoms with Gasteiger partial charge >= 0.3 is 6.03 Å². The molecule has 0 saturated carbocycles. The first kappa shape index (κ1) is 13.7. The third-order valence-electron chi connectivity index (χ3n) is 3.02. The van der Waals surface area contributed by atoms with Gasteiger partial charge in [-0.1, -0.05) is 11.6 Å². The van der Waals surface area contributed by atoms with Gasteiger partial charge < -0.3 is 14.6 Å². The molecular formula is C13H11ClN2O5. The Hall–Kier alpha value is -2.25. The first-order chi connectivity index (χ1) is 10.1. The van der Waals surface area contributed by atoms with E-state index in [0.29, 0.717) is 22.6 Å². The van der Waals surface area contributed by atoms with Crippen LogP contribution >= 0.6 is 11.6 Å². The molecule has 7 nitrogen and oxygen atoms in total. The Morgan fingerprint density at radius 1 is 1.38 bits per heavy atom. The zero-order valence-electron chi connectivity index (χ0n) is 10.7. The van der Waals surface area contributed by atoms with Gasteiger partial charge in [0.05, 0.1) is 12.2 Å². The van der Waals surface area contributed by atoms with Crippen molar-refractivity contribution < 1.29 is 24.2 Å². The number of halogens is 1. The summed E-state index contributed by atoms with van der Waals surface area (Å²) in [5.74, 6) is 0.162. The Balaban J connectivity index is 1.98. The summed E-state index contributed by atoms with van der Waals surface area (Å²) in [7, 11) is 0. The number of ether oxygens (including phenoxy) is 2. The standard InChI is InChI=1S/C13H11ClN2O5/c14-9-8(20-4-3-17)2-1-6-5-7-11(18)15-13(19)16-12(7)21-10(6)9/h1-2,5,12,17H,3-4H2,(H2,15,16,18,19). The van der Waals surface area contributed by atoms with Crippen molar-refractivity contribution in [3.05, 3.63) is 28.3 Å². The molecule has 0 spiro atoms. The quantitative estimate of drug-likeness (QED) is 0.762. The van der Waals surface area contributed by atoms with E-state index in [1.165, 1.54) is 0 Å². The van der Waals surface area contributed by atoms with Crippen LogP contribution in [0.2, 0.25) is 5.02 Å². The lowest BCUT2D eigenvalue weighted by Crippen LogP contribution is -2.56. The van der Waals surface area contributed by atoms with Gasteiger partial charge in [0.25, 0.3) is 5.91 Å². The minimum atomic E-state index is -0.885. The molecule has 3 amide bonds. The van der Waals surface area contributed by atoms with Crippen LogP contribution in [0.1, 0.15) is 5.56 Å². The Morgan fingerprint density at radius 3 is 2.95 bits per heavy atom. The van der Waals surface area contributed by atoms with E-state index in [9.17, 15) is 9.59 Å². The number of hydrogen-bond donors (Lipinski definition) is 3. The van der Waals surface area contributed by atoms with E-state index in [1.54, 1.807) is 18.2 Å². The minimum absolute atomic E-state index is 0.0994. The van der Waals surface area contributed by atoms with Crippen molar-refractivity contribution in [3.63, 3.8) is 0 Å². The number of benzene rings is 1. The number of carbonyl (C=O) groups is 2. The fourth-order valence-corrected chi connectivity index (χ4v) is 2.37. The third kappa shape index (κ3) is 2.41. The molecule has 1 fully saturated rings. The van der Waals surface area contributed by atoms with Gasteiger partial charge in [-0.3, -0.25) is 15.4 Å². The molecular weight excluding hydrogens is 300 g/mol. The highest BCUT2D eigenvalue weighted by molar-refractivity contribution is 6.34. The predicted molar refractivity (Wildman–Crippen MR) is 73.1 cm³/mol. The van der Waals surface area contributed by atoms with E-state index < -0.39 is 18.2 Å². The van der Waals surface area contributed by atoms with Gasteiger partial charge in [0, 0.05) is 5.56 Å². The molecule has 1 atom stereocenters. The van der Waals surface area contributed by atoms with Gasteiger partial charge in [0.1, 0.15) is 17.4 Å². The minimum Gasteiger partial charge on any atom is -0.489 e. The SMILES string of the molecule is O=C1NC(=O)C2=Cc3ccc(OCCO)c(Cl)c3OC2N1. The molecule has 3 N–H and O–H groups in total. The molecule has 0 radical (unpaired) electrons. The van der Waals surface area contributed by atoms with Crippen LogP contribution in [0.25, 0.3) is 6.08 Å². The molecule has 0 aliphatic carbocycles. The number of aliphatic hydroxyl groups is 1. The van der Waals surface area contributed by atoms with Gasteiger partial charge in [-0.05, 0) is 18.2 Å². The molecule has 1 aromatic carbocycles. The van der Waals surface area contributed by atoms with Crippen LogP contribution in [0.3, 0.4) is 0 Å².